The number of hydrogen-bond donors (Lipinski definition) is 0. The molecule has 0 unspecified atom stereocenters. The van der Waals surface area contributed by atoms with Gasteiger partial charge in [0, 0.05) is 18.8 Å². The topological polar surface area (TPSA) is 29.5 Å². The van der Waals surface area contributed by atoms with Crippen LogP contribution in [0.15, 0.2) is 0 Å². The zero-order chi connectivity index (χ0) is 11.1. The molecule has 1 rings (SSSR count). The van der Waals surface area contributed by atoms with Gasteiger partial charge < -0.3 is 9.64 Å². The van der Waals surface area contributed by atoms with E-state index < -0.39 is 0 Å². The Morgan fingerprint density at radius 1 is 1.47 bits per heavy atom. The summed E-state index contributed by atoms with van der Waals surface area (Å²) in [5.41, 5.74) is 0. The van der Waals surface area contributed by atoms with Gasteiger partial charge in [0.25, 0.3) is 0 Å². The van der Waals surface area contributed by atoms with Crippen molar-refractivity contribution in [2.75, 3.05) is 32.1 Å². The zero-order valence-corrected chi connectivity index (χ0v) is 10.1. The maximum absolute atomic E-state index is 11.3. The first-order valence-electron chi connectivity index (χ1n) is 5.70. The van der Waals surface area contributed by atoms with Gasteiger partial charge in [-0.25, -0.2) is 0 Å². The molecule has 1 heterocycles. The summed E-state index contributed by atoms with van der Waals surface area (Å²) in [5.74, 6) is 1.16. The van der Waals surface area contributed by atoms with Crippen molar-refractivity contribution in [1.82, 2.24) is 4.90 Å². The number of nitrogens with zero attached hydrogens (tertiary/aromatic N) is 1. The Balaban J connectivity index is 2.16. The molecule has 0 aromatic carbocycles. The number of likely N-dealkylation sites (tertiary alicyclic amines) is 1. The lowest BCUT2D eigenvalue weighted by atomic mass is 9.94. The van der Waals surface area contributed by atoms with Gasteiger partial charge in [-0.15, -0.1) is 11.6 Å². The summed E-state index contributed by atoms with van der Waals surface area (Å²) < 4.78 is 4.95. The van der Waals surface area contributed by atoms with Gasteiger partial charge >= 0.3 is 5.97 Å². The van der Waals surface area contributed by atoms with Crippen LogP contribution in [0.4, 0.5) is 0 Å². The molecule has 0 aromatic heterocycles. The standard InChI is InChI=1S/C11H20ClNO2/c1-2-15-11(14)9-10-3-6-13(7-4-10)8-5-12/h10H,2-9H2,1H3. The first-order chi connectivity index (χ1) is 7.26. The van der Waals surface area contributed by atoms with E-state index in [1.807, 2.05) is 6.92 Å². The number of esters is 1. The summed E-state index contributed by atoms with van der Waals surface area (Å²) in [6.45, 7) is 5.44. The van der Waals surface area contributed by atoms with Crippen LogP contribution in [0.1, 0.15) is 26.2 Å². The molecule has 1 saturated heterocycles. The van der Waals surface area contributed by atoms with Gasteiger partial charge in [0.1, 0.15) is 0 Å². The van der Waals surface area contributed by atoms with E-state index in [-0.39, 0.29) is 5.97 Å². The van der Waals surface area contributed by atoms with E-state index in [2.05, 4.69) is 4.90 Å². The summed E-state index contributed by atoms with van der Waals surface area (Å²) in [6, 6.07) is 0. The van der Waals surface area contributed by atoms with E-state index in [0.29, 0.717) is 24.8 Å². The number of rotatable bonds is 5. The first-order valence-corrected chi connectivity index (χ1v) is 6.23. The molecule has 0 spiro atoms. The van der Waals surface area contributed by atoms with Crippen molar-refractivity contribution in [3.8, 4) is 0 Å². The summed E-state index contributed by atoms with van der Waals surface area (Å²) in [7, 11) is 0. The Kier molecular flexibility index (Phi) is 6.03. The lowest BCUT2D eigenvalue weighted by Crippen LogP contribution is -2.35. The predicted octanol–water partition coefficient (Wildman–Crippen LogP) is 1.89. The monoisotopic (exact) mass is 233 g/mol. The van der Waals surface area contributed by atoms with Crippen molar-refractivity contribution in [2.24, 2.45) is 5.92 Å². The van der Waals surface area contributed by atoms with Gasteiger partial charge in [-0.2, -0.15) is 0 Å². The summed E-state index contributed by atoms with van der Waals surface area (Å²) >= 11 is 5.68. The molecule has 0 bridgehead atoms. The first kappa shape index (κ1) is 12.8. The Bertz CT molecular complexity index is 191. The van der Waals surface area contributed by atoms with Crippen LogP contribution >= 0.6 is 11.6 Å². The molecule has 1 aliphatic rings. The van der Waals surface area contributed by atoms with Crippen LogP contribution in [-0.4, -0.2) is 43.0 Å². The quantitative estimate of drug-likeness (QED) is 0.537. The molecule has 4 heteroatoms. The molecule has 88 valence electrons. The largest absolute Gasteiger partial charge is 0.466 e. The number of carbonyl (C=O) groups excluding carboxylic acids is 1. The molecular formula is C11H20ClNO2. The molecule has 0 atom stereocenters. The van der Waals surface area contributed by atoms with Crippen LogP contribution in [0.5, 0.6) is 0 Å². The molecule has 15 heavy (non-hydrogen) atoms. The highest BCUT2D eigenvalue weighted by Gasteiger charge is 2.21. The molecular weight excluding hydrogens is 214 g/mol. The van der Waals surface area contributed by atoms with E-state index in [1.165, 1.54) is 0 Å². The molecule has 0 saturated carbocycles. The maximum atomic E-state index is 11.3. The van der Waals surface area contributed by atoms with Crippen LogP contribution in [-0.2, 0) is 9.53 Å². The fraction of sp³-hybridized carbons (Fsp3) is 0.909. The van der Waals surface area contributed by atoms with E-state index in [1.54, 1.807) is 0 Å². The van der Waals surface area contributed by atoms with Gasteiger partial charge in [0.2, 0.25) is 0 Å². The Hall–Kier alpha value is -0.280. The van der Waals surface area contributed by atoms with Crippen molar-refractivity contribution < 1.29 is 9.53 Å². The van der Waals surface area contributed by atoms with Crippen molar-refractivity contribution >= 4 is 17.6 Å². The summed E-state index contributed by atoms with van der Waals surface area (Å²) in [6.07, 6.45) is 2.77. The molecule has 3 nitrogen and oxygen atoms in total. The lowest BCUT2D eigenvalue weighted by Gasteiger charge is -2.30. The van der Waals surface area contributed by atoms with Gasteiger partial charge in [0.05, 0.1) is 6.61 Å². The van der Waals surface area contributed by atoms with Gasteiger partial charge in [-0.05, 0) is 38.8 Å². The molecule has 0 amide bonds. The minimum absolute atomic E-state index is 0.0479. The van der Waals surface area contributed by atoms with E-state index in [0.717, 1.165) is 32.5 Å². The molecule has 1 aliphatic heterocycles. The fourth-order valence-electron chi connectivity index (χ4n) is 1.99. The number of hydrogen-bond acceptors (Lipinski definition) is 3. The minimum Gasteiger partial charge on any atom is -0.466 e. The third-order valence-electron chi connectivity index (χ3n) is 2.87. The third kappa shape index (κ3) is 4.85. The smallest absolute Gasteiger partial charge is 0.306 e. The van der Waals surface area contributed by atoms with E-state index in [4.69, 9.17) is 16.3 Å². The van der Waals surface area contributed by atoms with Gasteiger partial charge in [-0.3, -0.25) is 4.79 Å². The van der Waals surface area contributed by atoms with E-state index in [9.17, 15) is 4.79 Å². The molecule has 0 aliphatic carbocycles. The van der Waals surface area contributed by atoms with Gasteiger partial charge in [-0.1, -0.05) is 0 Å². The third-order valence-corrected chi connectivity index (χ3v) is 3.04. The highest BCUT2D eigenvalue weighted by atomic mass is 35.5. The number of piperidine rings is 1. The zero-order valence-electron chi connectivity index (χ0n) is 9.38. The van der Waals surface area contributed by atoms with Crippen molar-refractivity contribution in [1.29, 1.82) is 0 Å². The number of halogens is 1. The number of ether oxygens (including phenoxy) is 1. The molecule has 1 fully saturated rings. The highest BCUT2D eigenvalue weighted by Crippen LogP contribution is 2.20. The normalized spacial score (nSPS) is 19.1. The Morgan fingerprint density at radius 3 is 2.67 bits per heavy atom. The Labute approximate surface area is 96.7 Å². The lowest BCUT2D eigenvalue weighted by molar-refractivity contribution is -0.144. The maximum Gasteiger partial charge on any atom is 0.306 e. The van der Waals surface area contributed by atoms with Crippen LogP contribution in [0.3, 0.4) is 0 Å². The van der Waals surface area contributed by atoms with Crippen LogP contribution in [0.25, 0.3) is 0 Å². The van der Waals surface area contributed by atoms with Crippen LogP contribution in [0, 0.1) is 5.92 Å². The van der Waals surface area contributed by atoms with E-state index >= 15 is 0 Å². The Morgan fingerprint density at radius 2 is 2.13 bits per heavy atom. The second-order valence-electron chi connectivity index (χ2n) is 3.98. The van der Waals surface area contributed by atoms with Crippen molar-refractivity contribution in [2.45, 2.75) is 26.2 Å². The number of carbonyl (C=O) groups is 1. The molecule has 0 N–H and O–H groups in total. The fourth-order valence-corrected chi connectivity index (χ4v) is 2.23. The second kappa shape index (κ2) is 7.07. The predicted molar refractivity (Wildman–Crippen MR) is 61.1 cm³/mol. The number of alkyl halides is 1. The average molecular weight is 234 g/mol. The van der Waals surface area contributed by atoms with Crippen molar-refractivity contribution in [3.63, 3.8) is 0 Å². The van der Waals surface area contributed by atoms with Crippen LogP contribution in [0.2, 0.25) is 0 Å². The van der Waals surface area contributed by atoms with Crippen LogP contribution < -0.4 is 0 Å². The summed E-state index contributed by atoms with van der Waals surface area (Å²) in [5, 5.41) is 0. The summed E-state index contributed by atoms with van der Waals surface area (Å²) in [4.78, 5) is 13.6. The van der Waals surface area contributed by atoms with Crippen molar-refractivity contribution in [3.05, 3.63) is 0 Å². The minimum atomic E-state index is -0.0479. The second-order valence-corrected chi connectivity index (χ2v) is 4.36. The molecule has 0 radical (unpaired) electrons. The molecule has 0 aromatic rings. The van der Waals surface area contributed by atoms with Gasteiger partial charge in [0.15, 0.2) is 0 Å². The average Bonchev–Trinajstić information content (AvgIpc) is 2.22. The SMILES string of the molecule is CCOC(=O)CC1CCN(CCCl)CC1. The highest BCUT2D eigenvalue weighted by molar-refractivity contribution is 6.18.